The van der Waals surface area contributed by atoms with E-state index >= 15 is 0 Å². The van der Waals surface area contributed by atoms with Crippen molar-refractivity contribution in [3.63, 3.8) is 0 Å². The molecule has 0 aliphatic carbocycles. The molecule has 37 heavy (non-hydrogen) atoms. The average Bonchev–Trinajstić information content (AvgIpc) is 3.66. The maximum Gasteiger partial charge on any atom is 0.270 e. The smallest absolute Gasteiger partial charge is 0.270 e. The second-order valence-electron chi connectivity index (χ2n) is 9.37. The summed E-state index contributed by atoms with van der Waals surface area (Å²) in [5.74, 6) is 2.93. The maximum absolute atomic E-state index is 11.2. The molecular formula is C29H23N3O5. The number of rotatable bonds is 5. The Kier molecular flexibility index (Phi) is 5.00. The molecule has 2 aliphatic heterocycles. The minimum absolute atomic E-state index is 0.0305. The Labute approximate surface area is 212 Å². The molecule has 1 atom stereocenters. The van der Waals surface area contributed by atoms with Crippen molar-refractivity contribution >= 4 is 16.6 Å². The molecule has 0 bridgehead atoms. The monoisotopic (exact) mass is 493 g/mol. The number of aromatic amines is 1. The molecule has 1 N–H and O–H groups in total. The standard InChI is InChI=1S/C29H23N3O5/c33-32(34)20-5-3-4-18(14-20)25-11-9-21(37-25)16-31-13-12-23-22-6-1-2-7-24(22)30-28(23)29(31)19-8-10-26-27(15-19)36-17-35-26/h1-11,14-15,29-30H,12-13,16-17H2. The Morgan fingerprint density at radius 1 is 0.973 bits per heavy atom. The fourth-order valence-electron chi connectivity index (χ4n) is 5.51. The minimum atomic E-state index is -0.394. The van der Waals surface area contributed by atoms with E-state index < -0.39 is 4.92 Å². The summed E-state index contributed by atoms with van der Waals surface area (Å²) >= 11 is 0. The molecule has 8 heteroatoms. The van der Waals surface area contributed by atoms with E-state index in [1.54, 1.807) is 6.07 Å². The third-order valence-corrected chi connectivity index (χ3v) is 7.21. The molecule has 0 fully saturated rings. The fourth-order valence-corrected chi connectivity index (χ4v) is 5.51. The molecule has 0 saturated carbocycles. The van der Waals surface area contributed by atoms with Gasteiger partial charge in [0.1, 0.15) is 11.5 Å². The molecule has 7 rings (SSSR count). The van der Waals surface area contributed by atoms with Crippen LogP contribution in [-0.2, 0) is 13.0 Å². The third kappa shape index (κ3) is 3.73. The van der Waals surface area contributed by atoms with Crippen molar-refractivity contribution < 1.29 is 18.8 Å². The summed E-state index contributed by atoms with van der Waals surface area (Å²) in [6.45, 7) is 1.67. The quantitative estimate of drug-likeness (QED) is 0.231. The van der Waals surface area contributed by atoms with E-state index in [9.17, 15) is 10.1 Å². The van der Waals surface area contributed by atoms with Crippen LogP contribution in [0.5, 0.6) is 11.5 Å². The van der Waals surface area contributed by atoms with Crippen molar-refractivity contribution in [1.29, 1.82) is 0 Å². The van der Waals surface area contributed by atoms with Crippen molar-refractivity contribution in [3.05, 3.63) is 112 Å². The van der Waals surface area contributed by atoms with Crippen LogP contribution in [-0.4, -0.2) is 28.1 Å². The first-order valence-corrected chi connectivity index (χ1v) is 12.2. The lowest BCUT2D eigenvalue weighted by Gasteiger charge is -2.35. The van der Waals surface area contributed by atoms with Crippen LogP contribution in [0.3, 0.4) is 0 Å². The van der Waals surface area contributed by atoms with Gasteiger partial charge in [0.15, 0.2) is 11.5 Å². The number of nitrogens with zero attached hydrogens (tertiary/aromatic N) is 2. The van der Waals surface area contributed by atoms with Gasteiger partial charge in [0.05, 0.1) is 17.5 Å². The summed E-state index contributed by atoms with van der Waals surface area (Å²) < 4.78 is 17.4. The van der Waals surface area contributed by atoms with Crippen LogP contribution in [0.25, 0.3) is 22.2 Å². The molecule has 5 aromatic rings. The number of para-hydroxylation sites is 1. The molecule has 3 aromatic carbocycles. The molecule has 8 nitrogen and oxygen atoms in total. The number of non-ortho nitro benzene ring substituents is 1. The van der Waals surface area contributed by atoms with Crippen molar-refractivity contribution in [3.8, 4) is 22.8 Å². The fraction of sp³-hybridized carbons (Fsp3) is 0.172. The SMILES string of the molecule is O=[N+]([O-])c1cccc(-c2ccc(CN3CCc4c([nH]c5ccccc45)C3c3ccc4c(c3)OCO4)o2)c1. The second kappa shape index (κ2) is 8.53. The highest BCUT2D eigenvalue weighted by molar-refractivity contribution is 5.85. The molecule has 0 amide bonds. The Hall–Kier alpha value is -4.56. The van der Waals surface area contributed by atoms with Gasteiger partial charge in [0.25, 0.3) is 5.69 Å². The summed E-state index contributed by atoms with van der Waals surface area (Å²) in [6, 6.07) is 24.9. The van der Waals surface area contributed by atoms with Gasteiger partial charge in [-0.05, 0) is 47.9 Å². The lowest BCUT2D eigenvalue weighted by molar-refractivity contribution is -0.384. The Morgan fingerprint density at radius 3 is 2.78 bits per heavy atom. The molecular weight excluding hydrogens is 470 g/mol. The average molecular weight is 494 g/mol. The first kappa shape index (κ1) is 21.7. The molecule has 0 radical (unpaired) electrons. The number of hydrogen-bond donors (Lipinski definition) is 1. The summed E-state index contributed by atoms with van der Waals surface area (Å²) in [6.07, 6.45) is 0.916. The predicted octanol–water partition coefficient (Wildman–Crippen LogP) is 6.21. The van der Waals surface area contributed by atoms with Gasteiger partial charge in [-0.2, -0.15) is 0 Å². The highest BCUT2D eigenvalue weighted by Crippen LogP contribution is 2.42. The van der Waals surface area contributed by atoms with E-state index in [1.165, 1.54) is 28.8 Å². The van der Waals surface area contributed by atoms with Crippen LogP contribution in [0.2, 0.25) is 0 Å². The molecule has 4 heterocycles. The Balaban J connectivity index is 1.26. The zero-order chi connectivity index (χ0) is 24.9. The lowest BCUT2D eigenvalue weighted by Crippen LogP contribution is -2.35. The highest BCUT2D eigenvalue weighted by Gasteiger charge is 2.33. The summed E-state index contributed by atoms with van der Waals surface area (Å²) in [7, 11) is 0. The number of nitrogens with one attached hydrogen (secondary N) is 1. The third-order valence-electron chi connectivity index (χ3n) is 7.21. The summed E-state index contributed by atoms with van der Waals surface area (Å²) in [4.78, 5) is 16.9. The zero-order valence-electron chi connectivity index (χ0n) is 19.8. The molecule has 184 valence electrons. The number of furan rings is 1. The highest BCUT2D eigenvalue weighted by atomic mass is 16.7. The van der Waals surface area contributed by atoms with Crippen molar-refractivity contribution in [2.45, 2.75) is 19.0 Å². The second-order valence-corrected chi connectivity index (χ2v) is 9.37. The van der Waals surface area contributed by atoms with Gasteiger partial charge in [0.2, 0.25) is 6.79 Å². The number of benzene rings is 3. The van der Waals surface area contributed by atoms with Gasteiger partial charge in [-0.1, -0.05) is 36.4 Å². The van der Waals surface area contributed by atoms with Gasteiger partial charge >= 0.3 is 0 Å². The molecule has 2 aromatic heterocycles. The van der Waals surface area contributed by atoms with Crippen molar-refractivity contribution in [1.82, 2.24) is 9.88 Å². The van der Waals surface area contributed by atoms with E-state index in [2.05, 4.69) is 46.3 Å². The Morgan fingerprint density at radius 2 is 1.86 bits per heavy atom. The molecule has 0 spiro atoms. The number of aromatic nitrogens is 1. The number of nitro benzene ring substituents is 1. The van der Waals surface area contributed by atoms with E-state index in [-0.39, 0.29) is 18.5 Å². The topological polar surface area (TPSA) is 93.8 Å². The van der Waals surface area contributed by atoms with Crippen LogP contribution in [0.1, 0.15) is 28.6 Å². The van der Waals surface area contributed by atoms with Gasteiger partial charge < -0.3 is 18.9 Å². The van der Waals surface area contributed by atoms with Crippen LogP contribution >= 0.6 is 0 Å². The van der Waals surface area contributed by atoms with E-state index in [1.807, 2.05) is 24.3 Å². The number of hydrogen-bond acceptors (Lipinski definition) is 6. The van der Waals surface area contributed by atoms with Crippen LogP contribution in [0.15, 0.2) is 83.3 Å². The first-order chi connectivity index (χ1) is 18.1. The summed E-state index contributed by atoms with van der Waals surface area (Å²) in [5.41, 5.74) is 5.49. The number of H-pyrrole nitrogens is 1. The lowest BCUT2D eigenvalue weighted by atomic mass is 9.92. The predicted molar refractivity (Wildman–Crippen MR) is 138 cm³/mol. The maximum atomic E-state index is 11.2. The van der Waals surface area contributed by atoms with Crippen LogP contribution < -0.4 is 9.47 Å². The van der Waals surface area contributed by atoms with Gasteiger partial charge in [-0.3, -0.25) is 15.0 Å². The number of nitro groups is 1. The molecule has 1 unspecified atom stereocenters. The van der Waals surface area contributed by atoms with E-state index in [0.29, 0.717) is 17.9 Å². The zero-order valence-corrected chi connectivity index (χ0v) is 19.8. The van der Waals surface area contributed by atoms with Crippen LogP contribution in [0.4, 0.5) is 5.69 Å². The summed E-state index contributed by atoms with van der Waals surface area (Å²) in [5, 5.41) is 12.5. The van der Waals surface area contributed by atoms with Crippen molar-refractivity contribution in [2.24, 2.45) is 0 Å². The first-order valence-electron chi connectivity index (χ1n) is 12.2. The van der Waals surface area contributed by atoms with Gasteiger partial charge in [0, 0.05) is 40.8 Å². The molecule has 0 saturated heterocycles. The van der Waals surface area contributed by atoms with E-state index in [0.717, 1.165) is 41.3 Å². The normalized spacial score (nSPS) is 16.7. The van der Waals surface area contributed by atoms with E-state index in [4.69, 9.17) is 13.9 Å². The largest absolute Gasteiger partial charge is 0.460 e. The number of fused-ring (bicyclic) bond motifs is 4. The molecule has 2 aliphatic rings. The van der Waals surface area contributed by atoms with Crippen LogP contribution in [0, 0.1) is 10.1 Å². The Bertz CT molecular complexity index is 1650. The van der Waals surface area contributed by atoms with Gasteiger partial charge in [-0.15, -0.1) is 0 Å². The number of ether oxygens (including phenoxy) is 2. The minimum Gasteiger partial charge on any atom is -0.460 e. The van der Waals surface area contributed by atoms with Gasteiger partial charge in [-0.25, -0.2) is 0 Å². The van der Waals surface area contributed by atoms with Crippen molar-refractivity contribution in [2.75, 3.05) is 13.3 Å².